The number of alkyl halides is 3. The fourth-order valence-electron chi connectivity index (χ4n) is 2.71. The van der Waals surface area contributed by atoms with Gasteiger partial charge in [-0.15, -0.1) is 0 Å². The highest BCUT2D eigenvalue weighted by Gasteiger charge is 2.36. The number of fused-ring (bicyclic) bond motifs is 2. The zero-order valence-corrected chi connectivity index (χ0v) is 13.8. The fraction of sp³-hybridized carbons (Fsp3) is 0.111. The molecule has 6 nitrogen and oxygen atoms in total. The first kappa shape index (κ1) is 17.8. The van der Waals surface area contributed by atoms with Crippen molar-refractivity contribution in [3.63, 3.8) is 0 Å². The van der Waals surface area contributed by atoms with E-state index in [4.69, 9.17) is 9.47 Å². The molecule has 0 saturated carbocycles. The minimum absolute atomic E-state index is 0.247. The molecule has 2 aromatic carbocycles. The lowest BCUT2D eigenvalue weighted by Gasteiger charge is -2.27. The van der Waals surface area contributed by atoms with Crippen LogP contribution in [0.15, 0.2) is 53.1 Å². The second-order valence-electron chi connectivity index (χ2n) is 5.76. The number of ether oxygens (including phenoxy) is 2. The zero-order chi connectivity index (χ0) is 19.9. The van der Waals surface area contributed by atoms with Gasteiger partial charge in [-0.3, -0.25) is 0 Å². The number of rotatable bonds is 2. The summed E-state index contributed by atoms with van der Waals surface area (Å²) in [7, 11) is 0. The standard InChI is InChI=1S/C18H10F4N2O4/c19-9-5-6-13-11(7-9)15(10-3-1-2-4-12(10)26-13)28-17(25)24-16-23-8-14(27-16)18(20,21)22/h1-8,15H,(H,23,24,25). The molecule has 1 aromatic heterocycles. The van der Waals surface area contributed by atoms with Crippen LogP contribution < -0.4 is 10.1 Å². The second-order valence-corrected chi connectivity index (χ2v) is 5.76. The molecule has 1 amide bonds. The first-order valence-corrected chi connectivity index (χ1v) is 7.88. The minimum Gasteiger partial charge on any atom is -0.456 e. The van der Waals surface area contributed by atoms with Crippen LogP contribution in [0, 0.1) is 5.82 Å². The van der Waals surface area contributed by atoms with Crippen LogP contribution in [0.25, 0.3) is 0 Å². The van der Waals surface area contributed by atoms with Crippen molar-refractivity contribution in [3.8, 4) is 11.5 Å². The van der Waals surface area contributed by atoms with Crippen molar-refractivity contribution >= 4 is 12.1 Å². The van der Waals surface area contributed by atoms with Gasteiger partial charge in [-0.05, 0) is 24.3 Å². The summed E-state index contributed by atoms with van der Waals surface area (Å²) in [4.78, 5) is 15.5. The van der Waals surface area contributed by atoms with Crippen LogP contribution in [-0.2, 0) is 10.9 Å². The fourth-order valence-corrected chi connectivity index (χ4v) is 2.71. The van der Waals surface area contributed by atoms with E-state index in [0.29, 0.717) is 17.5 Å². The molecule has 2 heterocycles. The molecule has 1 N–H and O–H groups in total. The highest BCUT2D eigenvalue weighted by atomic mass is 19.4. The molecule has 4 rings (SSSR count). The average molecular weight is 394 g/mol. The number of aromatic nitrogens is 1. The van der Waals surface area contributed by atoms with Gasteiger partial charge in [0.15, 0.2) is 6.10 Å². The Morgan fingerprint density at radius 1 is 1.11 bits per heavy atom. The van der Waals surface area contributed by atoms with Crippen molar-refractivity contribution in [2.24, 2.45) is 0 Å². The van der Waals surface area contributed by atoms with Crippen molar-refractivity contribution in [3.05, 3.63) is 71.4 Å². The van der Waals surface area contributed by atoms with Crippen LogP contribution in [0.2, 0.25) is 0 Å². The van der Waals surface area contributed by atoms with E-state index in [1.807, 2.05) is 5.32 Å². The number of hydrogen-bond acceptors (Lipinski definition) is 5. The van der Waals surface area contributed by atoms with Gasteiger partial charge in [-0.25, -0.2) is 19.5 Å². The van der Waals surface area contributed by atoms with Gasteiger partial charge in [0.1, 0.15) is 17.3 Å². The van der Waals surface area contributed by atoms with Crippen LogP contribution in [0.4, 0.5) is 28.4 Å². The summed E-state index contributed by atoms with van der Waals surface area (Å²) >= 11 is 0. The van der Waals surface area contributed by atoms with E-state index in [9.17, 15) is 22.4 Å². The number of oxazole rings is 1. The van der Waals surface area contributed by atoms with Gasteiger partial charge in [0.2, 0.25) is 5.76 Å². The normalized spacial score (nSPS) is 15.2. The Morgan fingerprint density at radius 3 is 2.61 bits per heavy atom. The first-order valence-electron chi connectivity index (χ1n) is 7.88. The predicted molar refractivity (Wildman–Crippen MR) is 86.4 cm³/mol. The van der Waals surface area contributed by atoms with E-state index in [1.54, 1.807) is 24.3 Å². The Hall–Kier alpha value is -3.56. The highest BCUT2D eigenvalue weighted by molar-refractivity contribution is 5.82. The molecule has 0 fully saturated rings. The largest absolute Gasteiger partial charge is 0.456 e. The monoisotopic (exact) mass is 394 g/mol. The third-order valence-corrected chi connectivity index (χ3v) is 3.89. The van der Waals surface area contributed by atoms with Crippen molar-refractivity contribution in [2.75, 3.05) is 5.32 Å². The van der Waals surface area contributed by atoms with Crippen LogP contribution in [0.3, 0.4) is 0 Å². The molecule has 1 aliphatic rings. The number of hydrogen-bond donors (Lipinski definition) is 1. The molecular formula is C18H10F4N2O4. The molecule has 0 saturated heterocycles. The van der Waals surface area contributed by atoms with E-state index >= 15 is 0 Å². The van der Waals surface area contributed by atoms with Crippen LogP contribution >= 0.6 is 0 Å². The molecule has 0 bridgehead atoms. The summed E-state index contributed by atoms with van der Waals surface area (Å²) in [5.41, 5.74) is 0.691. The van der Waals surface area contributed by atoms with Crippen LogP contribution in [-0.4, -0.2) is 11.1 Å². The van der Waals surface area contributed by atoms with Gasteiger partial charge >= 0.3 is 18.3 Å². The molecule has 0 aliphatic carbocycles. The van der Waals surface area contributed by atoms with Crippen LogP contribution in [0.1, 0.15) is 23.0 Å². The number of anilines is 1. The summed E-state index contributed by atoms with van der Waals surface area (Å²) in [5, 5.41) is 1.98. The van der Waals surface area contributed by atoms with Gasteiger partial charge < -0.3 is 13.9 Å². The number of amides is 1. The minimum atomic E-state index is -4.74. The molecule has 144 valence electrons. The van der Waals surface area contributed by atoms with Crippen molar-refractivity contribution < 1.29 is 36.2 Å². The lowest BCUT2D eigenvalue weighted by Crippen LogP contribution is -2.21. The maximum atomic E-state index is 13.7. The molecule has 1 atom stereocenters. The first-order chi connectivity index (χ1) is 13.3. The Bertz CT molecular complexity index is 1050. The van der Waals surface area contributed by atoms with Crippen molar-refractivity contribution in [2.45, 2.75) is 12.3 Å². The van der Waals surface area contributed by atoms with Crippen molar-refractivity contribution in [1.29, 1.82) is 0 Å². The Balaban J connectivity index is 1.60. The number of para-hydroxylation sites is 1. The Kier molecular flexibility index (Phi) is 4.17. The molecule has 0 radical (unpaired) electrons. The molecular weight excluding hydrogens is 384 g/mol. The maximum absolute atomic E-state index is 13.7. The van der Waals surface area contributed by atoms with E-state index in [2.05, 4.69) is 9.40 Å². The topological polar surface area (TPSA) is 73.6 Å². The lowest BCUT2D eigenvalue weighted by atomic mass is 9.97. The highest BCUT2D eigenvalue weighted by Crippen LogP contribution is 2.44. The molecule has 1 aliphatic heterocycles. The lowest BCUT2D eigenvalue weighted by molar-refractivity contribution is -0.152. The van der Waals surface area contributed by atoms with Crippen LogP contribution in [0.5, 0.6) is 11.5 Å². The summed E-state index contributed by atoms with van der Waals surface area (Å²) in [6, 6.07) is 9.68. The van der Waals surface area contributed by atoms with E-state index in [-0.39, 0.29) is 11.3 Å². The third kappa shape index (κ3) is 3.36. The number of carbonyl (C=O) groups excluding carboxylic acids is 1. The van der Waals surface area contributed by atoms with Gasteiger partial charge in [-0.2, -0.15) is 13.2 Å². The summed E-state index contributed by atoms with van der Waals surface area (Å²) < 4.78 is 66.8. The van der Waals surface area contributed by atoms with E-state index < -0.39 is 36.0 Å². The predicted octanol–water partition coefficient (Wildman–Crippen LogP) is 5.28. The van der Waals surface area contributed by atoms with Gasteiger partial charge in [0, 0.05) is 11.1 Å². The number of halogens is 4. The van der Waals surface area contributed by atoms with E-state index in [0.717, 1.165) is 6.07 Å². The third-order valence-electron chi connectivity index (χ3n) is 3.89. The van der Waals surface area contributed by atoms with E-state index in [1.165, 1.54) is 12.1 Å². The SMILES string of the molecule is O=C(Nc1ncc(C(F)(F)F)o1)OC1c2ccccc2Oc2ccc(F)cc21. The van der Waals surface area contributed by atoms with Gasteiger partial charge in [0.05, 0.1) is 6.20 Å². The van der Waals surface area contributed by atoms with Gasteiger partial charge in [-0.1, -0.05) is 18.2 Å². The number of carbonyl (C=O) groups is 1. The number of nitrogens with zero attached hydrogens (tertiary/aromatic N) is 1. The smallest absolute Gasteiger partial charge is 0.451 e. The number of benzene rings is 2. The summed E-state index contributed by atoms with van der Waals surface area (Å²) in [5.74, 6) is -1.26. The summed E-state index contributed by atoms with van der Waals surface area (Å²) in [6.45, 7) is 0. The molecule has 3 aromatic rings. The quantitative estimate of drug-likeness (QED) is 0.599. The molecule has 10 heteroatoms. The average Bonchev–Trinajstić information content (AvgIpc) is 3.11. The molecule has 0 spiro atoms. The van der Waals surface area contributed by atoms with Gasteiger partial charge in [0.25, 0.3) is 0 Å². The Morgan fingerprint density at radius 2 is 1.86 bits per heavy atom. The Labute approximate surface area is 154 Å². The number of nitrogens with one attached hydrogen (secondary N) is 1. The second kappa shape index (κ2) is 6.55. The molecule has 1 unspecified atom stereocenters. The van der Waals surface area contributed by atoms with Crippen molar-refractivity contribution in [1.82, 2.24) is 4.98 Å². The summed E-state index contributed by atoms with van der Waals surface area (Å²) in [6.07, 6.45) is -6.49. The zero-order valence-electron chi connectivity index (χ0n) is 13.8. The maximum Gasteiger partial charge on any atom is 0.451 e. The molecule has 28 heavy (non-hydrogen) atoms.